The van der Waals surface area contributed by atoms with Crippen molar-refractivity contribution in [2.75, 3.05) is 12.4 Å². The third-order valence-corrected chi connectivity index (χ3v) is 6.74. The molecule has 2 aliphatic heterocycles. The molecule has 10 heteroatoms. The number of halogens is 2. The molecular weight excluding hydrogens is 438 g/mol. The molecular formula is C22H18F2N4O3S. The summed E-state index contributed by atoms with van der Waals surface area (Å²) >= 11 is 1.37. The SMILES string of the molecule is O=C(NC1=NC2(c3ccc(F)cc3F)COC(c3nnco3)CC2CS1)c1ccccc1. The van der Waals surface area contributed by atoms with Crippen molar-refractivity contribution >= 4 is 22.8 Å². The van der Waals surface area contributed by atoms with Gasteiger partial charge in [-0.1, -0.05) is 36.0 Å². The molecule has 5 rings (SSSR count). The number of amides is 1. The van der Waals surface area contributed by atoms with Crippen molar-refractivity contribution in [3.63, 3.8) is 0 Å². The number of carbonyl (C=O) groups excluding carboxylic acids is 1. The molecule has 3 atom stereocenters. The highest BCUT2D eigenvalue weighted by Crippen LogP contribution is 2.49. The number of hydrogen-bond donors (Lipinski definition) is 1. The van der Waals surface area contributed by atoms with Gasteiger partial charge in [0.2, 0.25) is 12.3 Å². The Labute approximate surface area is 186 Å². The van der Waals surface area contributed by atoms with Gasteiger partial charge in [-0.05, 0) is 24.6 Å². The van der Waals surface area contributed by atoms with Gasteiger partial charge in [0, 0.05) is 28.9 Å². The largest absolute Gasteiger partial charge is 0.425 e. The van der Waals surface area contributed by atoms with Crippen LogP contribution < -0.4 is 5.32 Å². The van der Waals surface area contributed by atoms with Gasteiger partial charge in [0.15, 0.2) is 5.17 Å². The van der Waals surface area contributed by atoms with Gasteiger partial charge in [-0.2, -0.15) is 0 Å². The smallest absolute Gasteiger partial charge is 0.257 e. The number of aromatic nitrogens is 2. The Hall–Kier alpha value is -3.11. The molecule has 1 aromatic heterocycles. The van der Waals surface area contributed by atoms with Crippen molar-refractivity contribution in [2.24, 2.45) is 10.9 Å². The van der Waals surface area contributed by atoms with E-state index in [2.05, 4.69) is 15.5 Å². The number of nitrogens with one attached hydrogen (secondary N) is 1. The summed E-state index contributed by atoms with van der Waals surface area (Å²) in [6.07, 6.45) is 1.23. The van der Waals surface area contributed by atoms with Gasteiger partial charge >= 0.3 is 0 Å². The molecule has 0 spiro atoms. The first-order valence-electron chi connectivity index (χ1n) is 9.97. The first kappa shape index (κ1) is 20.8. The van der Waals surface area contributed by atoms with E-state index in [4.69, 9.17) is 14.1 Å². The number of fused-ring (bicyclic) bond motifs is 1. The number of carbonyl (C=O) groups is 1. The molecule has 3 unspecified atom stereocenters. The Morgan fingerprint density at radius 3 is 2.78 bits per heavy atom. The fourth-order valence-electron chi connectivity index (χ4n) is 4.10. The summed E-state index contributed by atoms with van der Waals surface area (Å²) in [4.78, 5) is 17.4. The molecule has 7 nitrogen and oxygen atoms in total. The normalized spacial score (nSPS) is 25.0. The zero-order chi connectivity index (χ0) is 22.1. The molecule has 1 saturated heterocycles. The van der Waals surface area contributed by atoms with Crippen LogP contribution in [0.2, 0.25) is 0 Å². The quantitative estimate of drug-likeness (QED) is 0.644. The van der Waals surface area contributed by atoms with E-state index in [1.54, 1.807) is 24.3 Å². The van der Waals surface area contributed by atoms with Crippen LogP contribution in [0.15, 0.2) is 64.3 Å². The van der Waals surface area contributed by atoms with Crippen LogP contribution in [0, 0.1) is 17.6 Å². The Bertz CT molecular complexity index is 1160. The van der Waals surface area contributed by atoms with Crippen LogP contribution in [0.1, 0.15) is 34.3 Å². The number of ether oxygens (including phenoxy) is 1. The average molecular weight is 456 g/mol. The molecule has 1 fully saturated rings. The van der Waals surface area contributed by atoms with Gasteiger partial charge in [0.05, 0.1) is 6.61 Å². The van der Waals surface area contributed by atoms with Gasteiger partial charge in [-0.25, -0.2) is 13.8 Å². The summed E-state index contributed by atoms with van der Waals surface area (Å²) in [5, 5.41) is 10.8. The molecule has 0 radical (unpaired) electrons. The molecule has 3 aromatic rings. The van der Waals surface area contributed by atoms with Crippen LogP contribution in [0.5, 0.6) is 0 Å². The van der Waals surface area contributed by atoms with Crippen LogP contribution >= 0.6 is 11.8 Å². The second-order valence-corrected chi connectivity index (χ2v) is 8.61. The van der Waals surface area contributed by atoms with Gasteiger partial charge < -0.3 is 14.5 Å². The number of hydrogen-bond acceptors (Lipinski definition) is 7. The fourth-order valence-corrected chi connectivity index (χ4v) is 5.27. The summed E-state index contributed by atoms with van der Waals surface area (Å²) in [5.74, 6) is -0.986. The number of aliphatic imine (C=N–C) groups is 1. The van der Waals surface area contributed by atoms with E-state index in [-0.39, 0.29) is 24.0 Å². The monoisotopic (exact) mass is 456 g/mol. The first-order chi connectivity index (χ1) is 15.5. The minimum Gasteiger partial charge on any atom is -0.425 e. The number of nitrogens with zero attached hydrogens (tertiary/aromatic N) is 3. The molecule has 3 heterocycles. The van der Waals surface area contributed by atoms with Crippen molar-refractivity contribution < 1.29 is 22.7 Å². The van der Waals surface area contributed by atoms with E-state index in [1.807, 2.05) is 6.07 Å². The molecule has 164 valence electrons. The van der Waals surface area contributed by atoms with E-state index in [1.165, 1.54) is 30.3 Å². The van der Waals surface area contributed by atoms with Gasteiger partial charge in [0.1, 0.15) is 23.3 Å². The fraction of sp³-hybridized carbons (Fsp3) is 0.273. The number of amidine groups is 1. The van der Waals surface area contributed by atoms with Crippen molar-refractivity contribution in [3.05, 3.63) is 83.6 Å². The topological polar surface area (TPSA) is 89.6 Å². The molecule has 2 aromatic carbocycles. The number of rotatable bonds is 3. The van der Waals surface area contributed by atoms with E-state index in [0.29, 0.717) is 28.8 Å². The molecule has 1 amide bonds. The van der Waals surface area contributed by atoms with Gasteiger partial charge in [-0.15, -0.1) is 10.2 Å². The lowest BCUT2D eigenvalue weighted by Crippen LogP contribution is -2.49. The van der Waals surface area contributed by atoms with Crippen molar-refractivity contribution in [2.45, 2.75) is 18.1 Å². The summed E-state index contributed by atoms with van der Waals surface area (Å²) in [6.45, 7) is 0.0124. The summed E-state index contributed by atoms with van der Waals surface area (Å²) < 4.78 is 39.8. The Balaban J connectivity index is 1.50. The van der Waals surface area contributed by atoms with E-state index in [9.17, 15) is 13.6 Å². The maximum atomic E-state index is 14.9. The second kappa shape index (κ2) is 8.44. The maximum absolute atomic E-state index is 14.9. The summed E-state index contributed by atoms with van der Waals surface area (Å²) in [7, 11) is 0. The third kappa shape index (κ3) is 3.80. The second-order valence-electron chi connectivity index (χ2n) is 7.61. The van der Waals surface area contributed by atoms with Crippen LogP contribution in [-0.4, -0.2) is 33.6 Å². The predicted molar refractivity (Wildman–Crippen MR) is 113 cm³/mol. The minimum atomic E-state index is -1.13. The number of thioether (sulfide) groups is 1. The molecule has 1 N–H and O–H groups in total. The predicted octanol–water partition coefficient (Wildman–Crippen LogP) is 3.85. The number of benzene rings is 2. The average Bonchev–Trinajstić information content (AvgIpc) is 3.34. The summed E-state index contributed by atoms with van der Waals surface area (Å²) in [5.41, 5.74) is -0.422. The third-order valence-electron chi connectivity index (χ3n) is 5.71. The van der Waals surface area contributed by atoms with Crippen LogP contribution in [0.3, 0.4) is 0 Å². The Morgan fingerprint density at radius 2 is 2.03 bits per heavy atom. The highest BCUT2D eigenvalue weighted by molar-refractivity contribution is 8.13. The van der Waals surface area contributed by atoms with Crippen LogP contribution in [0.4, 0.5) is 8.78 Å². The van der Waals surface area contributed by atoms with Crippen molar-refractivity contribution in [3.8, 4) is 0 Å². The van der Waals surface area contributed by atoms with Crippen LogP contribution in [-0.2, 0) is 10.3 Å². The molecule has 0 saturated carbocycles. The molecule has 0 bridgehead atoms. The van der Waals surface area contributed by atoms with Gasteiger partial charge in [-0.3, -0.25) is 4.79 Å². The highest BCUT2D eigenvalue weighted by atomic mass is 32.2. The van der Waals surface area contributed by atoms with Gasteiger partial charge in [0.25, 0.3) is 5.91 Å². The lowest BCUT2D eigenvalue weighted by atomic mass is 9.75. The van der Waals surface area contributed by atoms with Crippen molar-refractivity contribution in [1.82, 2.24) is 15.5 Å². The maximum Gasteiger partial charge on any atom is 0.257 e. The highest BCUT2D eigenvalue weighted by Gasteiger charge is 2.50. The Kier molecular flexibility index (Phi) is 5.48. The molecule has 0 aliphatic carbocycles. The van der Waals surface area contributed by atoms with Crippen molar-refractivity contribution in [1.29, 1.82) is 0 Å². The lowest BCUT2D eigenvalue weighted by Gasteiger charge is -2.45. The zero-order valence-corrected chi connectivity index (χ0v) is 17.5. The Morgan fingerprint density at radius 1 is 1.19 bits per heavy atom. The first-order valence-corrected chi connectivity index (χ1v) is 11.0. The lowest BCUT2D eigenvalue weighted by molar-refractivity contribution is -0.0698. The van der Waals surface area contributed by atoms with E-state index < -0.39 is 23.3 Å². The van der Waals surface area contributed by atoms with Crippen LogP contribution in [0.25, 0.3) is 0 Å². The summed E-state index contributed by atoms with van der Waals surface area (Å²) in [6, 6.07) is 12.2. The standard InChI is InChI=1S/C22H18F2N4O3S/c23-15-6-7-16(17(24)9-15)22-11-30-18(20-28-25-12-31-20)8-14(22)10-32-21(27-22)26-19(29)13-4-2-1-3-5-13/h1-7,9,12,14,18H,8,10-11H2,(H,26,27,29). The zero-order valence-electron chi connectivity index (χ0n) is 16.7. The minimum absolute atomic E-state index is 0.0124. The van der Waals surface area contributed by atoms with E-state index >= 15 is 0 Å². The molecule has 32 heavy (non-hydrogen) atoms. The van der Waals surface area contributed by atoms with E-state index in [0.717, 1.165) is 6.07 Å². The molecule has 2 aliphatic rings.